The number of pyridine rings is 1. The van der Waals surface area contributed by atoms with Crippen LogP contribution in [0.2, 0.25) is 0 Å². The van der Waals surface area contributed by atoms with Crippen LogP contribution in [-0.4, -0.2) is 14.8 Å². The van der Waals surface area contributed by atoms with Gasteiger partial charge < -0.3 is 4.74 Å². The number of aromatic nitrogens is 3. The van der Waals surface area contributed by atoms with E-state index in [0.29, 0.717) is 11.6 Å². The highest BCUT2D eigenvalue weighted by atomic mass is 35.5. The van der Waals surface area contributed by atoms with Crippen LogP contribution in [-0.2, 0) is 12.4 Å². The lowest BCUT2D eigenvalue weighted by Gasteiger charge is -2.08. The van der Waals surface area contributed by atoms with E-state index in [0.717, 1.165) is 28.9 Å². The van der Waals surface area contributed by atoms with Crippen molar-refractivity contribution >= 4 is 22.5 Å². The van der Waals surface area contributed by atoms with E-state index < -0.39 is 0 Å². The number of para-hydroxylation sites is 1. The smallest absolute Gasteiger partial charge is 0.165 e. The van der Waals surface area contributed by atoms with Gasteiger partial charge in [0.2, 0.25) is 0 Å². The molecule has 0 saturated carbocycles. The first-order valence-corrected chi connectivity index (χ1v) is 6.98. The molecule has 3 aromatic rings. The van der Waals surface area contributed by atoms with Crippen LogP contribution in [0, 0.1) is 0 Å². The highest BCUT2D eigenvalue weighted by Gasteiger charge is 2.08. The monoisotopic (exact) mass is 287 g/mol. The van der Waals surface area contributed by atoms with E-state index >= 15 is 0 Å². The predicted molar refractivity (Wildman–Crippen MR) is 79.3 cm³/mol. The predicted octanol–water partition coefficient (Wildman–Crippen LogP) is 3.98. The maximum atomic E-state index is 5.93. The fourth-order valence-corrected chi connectivity index (χ4v) is 2.18. The molecule has 1 aromatic carbocycles. The van der Waals surface area contributed by atoms with Crippen LogP contribution in [0.4, 0.5) is 0 Å². The van der Waals surface area contributed by atoms with Gasteiger partial charge >= 0.3 is 0 Å². The molecule has 2 heterocycles. The summed E-state index contributed by atoms with van der Waals surface area (Å²) in [4.78, 5) is 4.48. The summed E-state index contributed by atoms with van der Waals surface area (Å²) in [5.41, 5.74) is 1.67. The topological polar surface area (TPSA) is 39.9 Å². The zero-order valence-electron chi connectivity index (χ0n) is 11.1. The van der Waals surface area contributed by atoms with Gasteiger partial charge in [0.15, 0.2) is 5.75 Å². The number of halogens is 1. The first kappa shape index (κ1) is 12.9. The minimum Gasteiger partial charge on any atom is -0.453 e. The summed E-state index contributed by atoms with van der Waals surface area (Å²) in [5, 5.41) is 5.17. The van der Waals surface area contributed by atoms with Crippen molar-refractivity contribution in [3.63, 3.8) is 0 Å². The van der Waals surface area contributed by atoms with Crippen LogP contribution in [0.1, 0.15) is 12.6 Å². The van der Waals surface area contributed by atoms with Gasteiger partial charge in [-0.25, -0.2) is 0 Å². The SMILES string of the molecule is CCn1cc(Oc2cc(CCl)nc3ccccc23)cn1. The van der Waals surface area contributed by atoms with Crippen molar-refractivity contribution in [2.75, 3.05) is 0 Å². The summed E-state index contributed by atoms with van der Waals surface area (Å²) in [7, 11) is 0. The number of rotatable bonds is 4. The Kier molecular flexibility index (Phi) is 3.56. The van der Waals surface area contributed by atoms with Crippen LogP contribution in [0.25, 0.3) is 10.9 Å². The molecule has 5 heteroatoms. The van der Waals surface area contributed by atoms with Crippen LogP contribution >= 0.6 is 11.6 Å². The van der Waals surface area contributed by atoms with Crippen molar-refractivity contribution in [2.24, 2.45) is 0 Å². The van der Waals surface area contributed by atoms with Crippen LogP contribution in [0.5, 0.6) is 11.5 Å². The number of alkyl halides is 1. The van der Waals surface area contributed by atoms with E-state index in [2.05, 4.69) is 10.1 Å². The fraction of sp³-hybridized carbons (Fsp3) is 0.200. The molecular weight excluding hydrogens is 274 g/mol. The molecule has 0 saturated heterocycles. The Morgan fingerprint density at radius 3 is 2.90 bits per heavy atom. The molecule has 0 unspecified atom stereocenters. The molecule has 0 atom stereocenters. The van der Waals surface area contributed by atoms with Crippen molar-refractivity contribution in [1.82, 2.24) is 14.8 Å². The van der Waals surface area contributed by atoms with Gasteiger partial charge in [0.25, 0.3) is 0 Å². The Morgan fingerprint density at radius 1 is 1.30 bits per heavy atom. The fourth-order valence-electron chi connectivity index (χ4n) is 2.05. The van der Waals surface area contributed by atoms with E-state index in [9.17, 15) is 0 Å². The summed E-state index contributed by atoms with van der Waals surface area (Å²) >= 11 is 5.89. The average Bonchev–Trinajstić information content (AvgIpc) is 2.94. The van der Waals surface area contributed by atoms with Gasteiger partial charge in [-0.3, -0.25) is 9.67 Å². The van der Waals surface area contributed by atoms with Crippen molar-refractivity contribution in [3.8, 4) is 11.5 Å². The third-order valence-corrected chi connectivity index (χ3v) is 3.30. The molecule has 3 rings (SSSR count). The van der Waals surface area contributed by atoms with Gasteiger partial charge in [0.1, 0.15) is 5.75 Å². The maximum Gasteiger partial charge on any atom is 0.165 e. The molecule has 102 valence electrons. The number of hydrogen-bond donors (Lipinski definition) is 0. The Bertz CT molecular complexity index is 739. The average molecular weight is 288 g/mol. The minimum atomic E-state index is 0.357. The van der Waals surface area contributed by atoms with E-state index in [1.54, 1.807) is 6.20 Å². The molecule has 0 aliphatic rings. The number of nitrogens with zero attached hydrogens (tertiary/aromatic N) is 3. The molecule has 0 spiro atoms. The molecule has 0 bridgehead atoms. The Hall–Kier alpha value is -2.07. The lowest BCUT2D eigenvalue weighted by atomic mass is 10.2. The second-order valence-electron chi connectivity index (χ2n) is 4.40. The molecule has 0 N–H and O–H groups in total. The Labute approximate surface area is 122 Å². The molecule has 20 heavy (non-hydrogen) atoms. The van der Waals surface area contributed by atoms with Crippen molar-refractivity contribution in [1.29, 1.82) is 0 Å². The number of hydrogen-bond acceptors (Lipinski definition) is 3. The molecule has 0 fully saturated rings. The summed E-state index contributed by atoms with van der Waals surface area (Å²) < 4.78 is 7.76. The lowest BCUT2D eigenvalue weighted by Crippen LogP contribution is -1.93. The minimum absolute atomic E-state index is 0.357. The summed E-state index contributed by atoms with van der Waals surface area (Å²) in [5.74, 6) is 1.82. The molecule has 0 aliphatic carbocycles. The first-order valence-electron chi connectivity index (χ1n) is 6.45. The first-order chi connectivity index (χ1) is 9.80. The van der Waals surface area contributed by atoms with Crippen LogP contribution < -0.4 is 4.74 Å². The Morgan fingerprint density at radius 2 is 2.15 bits per heavy atom. The largest absolute Gasteiger partial charge is 0.453 e. The summed E-state index contributed by atoms with van der Waals surface area (Å²) in [6.45, 7) is 2.84. The third kappa shape index (κ3) is 2.47. The number of benzene rings is 1. The zero-order chi connectivity index (χ0) is 13.9. The van der Waals surface area contributed by atoms with Gasteiger partial charge in [0, 0.05) is 18.0 Å². The van der Waals surface area contributed by atoms with E-state index in [4.69, 9.17) is 16.3 Å². The number of ether oxygens (including phenoxy) is 1. The van der Waals surface area contributed by atoms with Gasteiger partial charge in [0.05, 0.1) is 29.5 Å². The normalized spacial score (nSPS) is 10.9. The van der Waals surface area contributed by atoms with Crippen LogP contribution in [0.3, 0.4) is 0 Å². The van der Waals surface area contributed by atoms with Crippen molar-refractivity contribution < 1.29 is 4.74 Å². The quantitative estimate of drug-likeness (QED) is 0.681. The van der Waals surface area contributed by atoms with Crippen molar-refractivity contribution in [3.05, 3.63) is 48.4 Å². The Balaban J connectivity index is 2.04. The standard InChI is InChI=1S/C15H14ClN3O/c1-2-19-10-12(9-17-19)20-15-7-11(8-16)18-14-6-4-3-5-13(14)15/h3-7,9-10H,2,8H2,1H3. The zero-order valence-corrected chi connectivity index (χ0v) is 11.8. The second kappa shape index (κ2) is 5.51. The molecule has 2 aromatic heterocycles. The summed E-state index contributed by atoms with van der Waals surface area (Å²) in [6.07, 6.45) is 3.58. The number of fused-ring (bicyclic) bond motifs is 1. The third-order valence-electron chi connectivity index (χ3n) is 3.03. The second-order valence-corrected chi connectivity index (χ2v) is 4.66. The van der Waals surface area contributed by atoms with E-state index in [1.807, 2.05) is 48.1 Å². The molecule has 0 aliphatic heterocycles. The van der Waals surface area contributed by atoms with Crippen molar-refractivity contribution in [2.45, 2.75) is 19.3 Å². The lowest BCUT2D eigenvalue weighted by molar-refractivity contribution is 0.486. The highest BCUT2D eigenvalue weighted by molar-refractivity contribution is 6.17. The van der Waals surface area contributed by atoms with Gasteiger partial charge in [-0.2, -0.15) is 5.10 Å². The van der Waals surface area contributed by atoms with Crippen LogP contribution in [0.15, 0.2) is 42.7 Å². The molecule has 0 radical (unpaired) electrons. The molecule has 4 nitrogen and oxygen atoms in total. The maximum absolute atomic E-state index is 5.93. The number of aryl methyl sites for hydroxylation is 1. The molecular formula is C15H14ClN3O. The van der Waals surface area contributed by atoms with E-state index in [-0.39, 0.29) is 0 Å². The summed E-state index contributed by atoms with van der Waals surface area (Å²) in [6, 6.07) is 9.73. The van der Waals surface area contributed by atoms with Gasteiger partial charge in [-0.05, 0) is 19.1 Å². The molecule has 0 amide bonds. The van der Waals surface area contributed by atoms with Gasteiger partial charge in [-0.15, -0.1) is 11.6 Å². The highest BCUT2D eigenvalue weighted by Crippen LogP contribution is 2.30. The van der Waals surface area contributed by atoms with E-state index in [1.165, 1.54) is 0 Å². The van der Waals surface area contributed by atoms with Gasteiger partial charge in [-0.1, -0.05) is 12.1 Å².